The lowest BCUT2D eigenvalue weighted by atomic mass is 9.82. The minimum Gasteiger partial charge on any atom is -0.497 e. The van der Waals surface area contributed by atoms with Crippen LogP contribution in [-0.4, -0.2) is 37.6 Å². The van der Waals surface area contributed by atoms with Gasteiger partial charge in [-0.1, -0.05) is 55.3 Å². The van der Waals surface area contributed by atoms with Gasteiger partial charge in [-0.3, -0.25) is 4.79 Å². The van der Waals surface area contributed by atoms with Crippen LogP contribution in [0.25, 0.3) is 11.1 Å². The molecule has 0 radical (unpaired) electrons. The van der Waals surface area contributed by atoms with Crippen molar-refractivity contribution in [2.75, 3.05) is 21.2 Å². The van der Waals surface area contributed by atoms with E-state index in [9.17, 15) is 4.79 Å². The van der Waals surface area contributed by atoms with E-state index in [1.54, 1.807) is 7.11 Å². The Labute approximate surface area is 188 Å². The summed E-state index contributed by atoms with van der Waals surface area (Å²) >= 11 is 1.49. The Hall–Kier alpha value is -2.63. The van der Waals surface area contributed by atoms with Crippen LogP contribution in [0.1, 0.15) is 47.0 Å². The molecule has 1 atom stereocenters. The summed E-state index contributed by atoms with van der Waals surface area (Å²) in [7, 11) is 5.94. The number of likely N-dealkylation sites (N-methyl/N-ethyl adjacent to an activating group) is 1. The number of carbonyl (C=O) groups is 1. The quantitative estimate of drug-likeness (QED) is 0.513. The molecule has 4 nitrogen and oxygen atoms in total. The zero-order valence-electron chi connectivity index (χ0n) is 18.4. The van der Waals surface area contributed by atoms with Gasteiger partial charge in [0.15, 0.2) is 0 Å². The molecule has 1 unspecified atom stereocenters. The fourth-order valence-electron chi connectivity index (χ4n) is 4.85. The third-order valence-electron chi connectivity index (χ3n) is 6.56. The average Bonchev–Trinajstić information content (AvgIpc) is 3.49. The number of benzene rings is 2. The number of thiophene rings is 1. The number of hydrogen-bond donors (Lipinski definition) is 1. The van der Waals surface area contributed by atoms with E-state index in [1.165, 1.54) is 24.2 Å². The van der Waals surface area contributed by atoms with Crippen LogP contribution >= 0.6 is 11.3 Å². The van der Waals surface area contributed by atoms with Gasteiger partial charge in [0.05, 0.1) is 18.0 Å². The Kier molecular flexibility index (Phi) is 6.44. The van der Waals surface area contributed by atoms with Gasteiger partial charge >= 0.3 is 0 Å². The van der Waals surface area contributed by atoms with Crippen molar-refractivity contribution in [1.82, 2.24) is 10.2 Å². The van der Waals surface area contributed by atoms with Gasteiger partial charge in [0.1, 0.15) is 5.75 Å². The third kappa shape index (κ3) is 4.25. The van der Waals surface area contributed by atoms with Gasteiger partial charge in [-0.05, 0) is 61.6 Å². The van der Waals surface area contributed by atoms with E-state index in [0.29, 0.717) is 0 Å². The number of amides is 1. The number of nitrogens with one attached hydrogen (secondary N) is 1. The summed E-state index contributed by atoms with van der Waals surface area (Å²) in [6.07, 6.45) is 4.52. The summed E-state index contributed by atoms with van der Waals surface area (Å²) in [5.74, 6) is 0.768. The number of nitrogens with zero attached hydrogens (tertiary/aromatic N) is 1. The first kappa shape index (κ1) is 21.6. The molecule has 1 saturated carbocycles. The van der Waals surface area contributed by atoms with Crippen molar-refractivity contribution in [1.29, 1.82) is 0 Å². The van der Waals surface area contributed by atoms with E-state index in [-0.39, 0.29) is 17.5 Å². The van der Waals surface area contributed by atoms with E-state index in [4.69, 9.17) is 4.74 Å². The Morgan fingerprint density at radius 1 is 1.06 bits per heavy atom. The number of ether oxygens (including phenoxy) is 1. The highest BCUT2D eigenvalue weighted by molar-refractivity contribution is 7.12. The first-order valence-electron chi connectivity index (χ1n) is 10.8. The van der Waals surface area contributed by atoms with Crippen LogP contribution in [-0.2, 0) is 0 Å². The molecule has 162 valence electrons. The van der Waals surface area contributed by atoms with E-state index in [1.807, 2.05) is 41.8 Å². The lowest BCUT2D eigenvalue weighted by Crippen LogP contribution is -2.53. The van der Waals surface area contributed by atoms with Gasteiger partial charge in [-0.25, -0.2) is 0 Å². The molecule has 4 rings (SSSR count). The highest BCUT2D eigenvalue weighted by Crippen LogP contribution is 2.44. The number of rotatable bonds is 7. The van der Waals surface area contributed by atoms with Crippen LogP contribution in [0.4, 0.5) is 0 Å². The Morgan fingerprint density at radius 3 is 2.48 bits per heavy atom. The molecular formula is C26H30N2O2S. The first-order valence-corrected chi connectivity index (χ1v) is 11.7. The monoisotopic (exact) mass is 434 g/mol. The Balaban J connectivity index is 1.69. The minimum atomic E-state index is -0.0790. The third-order valence-corrected chi connectivity index (χ3v) is 7.47. The molecule has 2 aromatic carbocycles. The molecular weight excluding hydrogens is 404 g/mol. The zero-order chi connectivity index (χ0) is 21.8. The number of methoxy groups -OCH3 is 1. The maximum atomic E-state index is 13.6. The van der Waals surface area contributed by atoms with Gasteiger partial charge in [0.2, 0.25) is 0 Å². The van der Waals surface area contributed by atoms with Crippen molar-refractivity contribution >= 4 is 17.2 Å². The topological polar surface area (TPSA) is 41.6 Å². The molecule has 1 amide bonds. The Morgan fingerprint density at radius 2 is 1.81 bits per heavy atom. The van der Waals surface area contributed by atoms with Crippen molar-refractivity contribution < 1.29 is 9.53 Å². The van der Waals surface area contributed by atoms with Gasteiger partial charge in [0, 0.05) is 11.1 Å². The highest BCUT2D eigenvalue weighted by Gasteiger charge is 2.44. The van der Waals surface area contributed by atoms with Crippen molar-refractivity contribution in [3.8, 4) is 16.9 Å². The van der Waals surface area contributed by atoms with Gasteiger partial charge in [-0.2, -0.15) is 0 Å². The number of hydrogen-bond acceptors (Lipinski definition) is 4. The zero-order valence-corrected chi connectivity index (χ0v) is 19.2. The fraction of sp³-hybridized carbons (Fsp3) is 0.346. The SMILES string of the molecule is COc1cccc(-c2ccsc2C(=O)NC(c2ccccc2)C2(N(C)C)CCCC2)c1. The van der Waals surface area contributed by atoms with Crippen molar-refractivity contribution in [3.05, 3.63) is 76.5 Å². The van der Waals surface area contributed by atoms with Crippen LogP contribution < -0.4 is 10.1 Å². The normalized spacial score (nSPS) is 16.3. The summed E-state index contributed by atoms with van der Waals surface area (Å²) in [5, 5.41) is 5.42. The van der Waals surface area contributed by atoms with E-state index >= 15 is 0 Å². The van der Waals surface area contributed by atoms with Gasteiger partial charge in [-0.15, -0.1) is 11.3 Å². The van der Waals surface area contributed by atoms with Crippen LogP contribution in [0.3, 0.4) is 0 Å². The lowest BCUT2D eigenvalue weighted by Gasteiger charge is -2.43. The van der Waals surface area contributed by atoms with Crippen molar-refractivity contribution in [3.63, 3.8) is 0 Å². The second-order valence-corrected chi connectivity index (χ2v) is 9.33. The molecule has 1 fully saturated rings. The second-order valence-electron chi connectivity index (χ2n) is 8.42. The van der Waals surface area contributed by atoms with Gasteiger partial charge < -0.3 is 15.0 Å². The fourth-order valence-corrected chi connectivity index (χ4v) is 5.67. The van der Waals surface area contributed by atoms with E-state index < -0.39 is 0 Å². The molecule has 0 saturated heterocycles. The van der Waals surface area contributed by atoms with Crippen LogP contribution in [0.2, 0.25) is 0 Å². The van der Waals surface area contributed by atoms with Gasteiger partial charge in [0.25, 0.3) is 5.91 Å². The lowest BCUT2D eigenvalue weighted by molar-refractivity contribution is 0.0770. The molecule has 31 heavy (non-hydrogen) atoms. The second kappa shape index (κ2) is 9.25. The standard InChI is InChI=1S/C26H30N2O2S/c1-28(2)26(15-7-8-16-26)24(19-10-5-4-6-11-19)27-25(29)23-22(14-17-31-23)20-12-9-13-21(18-20)30-3/h4-6,9-14,17-18,24H,7-8,15-16H2,1-3H3,(H,27,29). The minimum absolute atomic E-state index is 0.0187. The molecule has 1 N–H and O–H groups in total. The van der Waals surface area contributed by atoms with Crippen LogP contribution in [0, 0.1) is 0 Å². The molecule has 0 bridgehead atoms. The summed E-state index contributed by atoms with van der Waals surface area (Å²) in [6, 6.07) is 20.2. The van der Waals surface area contributed by atoms with Crippen molar-refractivity contribution in [2.45, 2.75) is 37.3 Å². The molecule has 5 heteroatoms. The molecule has 0 aliphatic heterocycles. The van der Waals surface area contributed by atoms with Crippen molar-refractivity contribution in [2.24, 2.45) is 0 Å². The first-order chi connectivity index (χ1) is 15.0. The molecule has 1 heterocycles. The summed E-state index contributed by atoms with van der Waals surface area (Å²) < 4.78 is 5.38. The molecule has 3 aromatic rings. The maximum absolute atomic E-state index is 13.6. The summed E-state index contributed by atoms with van der Waals surface area (Å²) in [4.78, 5) is 16.7. The summed E-state index contributed by atoms with van der Waals surface area (Å²) in [6.45, 7) is 0. The predicted molar refractivity (Wildman–Crippen MR) is 128 cm³/mol. The van der Waals surface area contributed by atoms with Crippen LogP contribution in [0.15, 0.2) is 66.0 Å². The molecule has 1 aromatic heterocycles. The van der Waals surface area contributed by atoms with E-state index in [0.717, 1.165) is 40.2 Å². The predicted octanol–water partition coefficient (Wildman–Crippen LogP) is 5.77. The smallest absolute Gasteiger partial charge is 0.262 e. The van der Waals surface area contributed by atoms with E-state index in [2.05, 4.69) is 48.6 Å². The number of carbonyl (C=O) groups excluding carboxylic acids is 1. The maximum Gasteiger partial charge on any atom is 0.262 e. The highest BCUT2D eigenvalue weighted by atomic mass is 32.1. The molecule has 1 aliphatic carbocycles. The molecule has 1 aliphatic rings. The largest absolute Gasteiger partial charge is 0.497 e. The molecule has 0 spiro atoms. The Bertz CT molecular complexity index is 1020. The van der Waals surface area contributed by atoms with Crippen LogP contribution in [0.5, 0.6) is 5.75 Å². The summed E-state index contributed by atoms with van der Waals surface area (Å²) in [5.41, 5.74) is 3.01. The average molecular weight is 435 g/mol.